The Morgan fingerprint density at radius 3 is 2.82 bits per heavy atom. The van der Waals surface area contributed by atoms with E-state index in [2.05, 4.69) is 0 Å². The highest BCUT2D eigenvalue weighted by Crippen LogP contribution is 2.34. The average Bonchev–Trinajstić information content (AvgIpc) is 2.34. The van der Waals surface area contributed by atoms with Crippen molar-refractivity contribution in [1.82, 2.24) is 4.90 Å². The summed E-state index contributed by atoms with van der Waals surface area (Å²) in [6.07, 6.45) is 0.511. The van der Waals surface area contributed by atoms with Crippen molar-refractivity contribution in [2.24, 2.45) is 5.73 Å². The van der Waals surface area contributed by atoms with E-state index in [1.165, 1.54) is 0 Å². The van der Waals surface area contributed by atoms with Gasteiger partial charge in [-0.3, -0.25) is 0 Å². The number of cyclic esters (lactones) is 1. The molecular formula is C13H18N2O2. The van der Waals surface area contributed by atoms with E-state index in [1.807, 2.05) is 31.2 Å². The van der Waals surface area contributed by atoms with Crippen molar-refractivity contribution in [3.63, 3.8) is 0 Å². The van der Waals surface area contributed by atoms with Crippen molar-refractivity contribution in [3.8, 4) is 0 Å². The summed E-state index contributed by atoms with van der Waals surface area (Å²) in [6, 6.07) is 7.87. The summed E-state index contributed by atoms with van der Waals surface area (Å²) >= 11 is 0. The smallest absolute Gasteiger partial charge is 0.410 e. The van der Waals surface area contributed by atoms with Crippen molar-refractivity contribution >= 4 is 6.09 Å². The Bertz CT molecular complexity index is 433. The Morgan fingerprint density at radius 2 is 2.18 bits per heavy atom. The molecule has 1 aliphatic heterocycles. The fourth-order valence-corrected chi connectivity index (χ4v) is 2.20. The molecule has 17 heavy (non-hydrogen) atoms. The van der Waals surface area contributed by atoms with Gasteiger partial charge >= 0.3 is 6.09 Å². The van der Waals surface area contributed by atoms with Gasteiger partial charge in [-0.15, -0.1) is 0 Å². The van der Waals surface area contributed by atoms with Crippen LogP contribution >= 0.6 is 0 Å². The zero-order valence-electron chi connectivity index (χ0n) is 10.3. The summed E-state index contributed by atoms with van der Waals surface area (Å²) in [5, 5.41) is 0. The van der Waals surface area contributed by atoms with Crippen molar-refractivity contribution in [3.05, 3.63) is 35.4 Å². The van der Waals surface area contributed by atoms with Gasteiger partial charge in [-0.1, -0.05) is 24.3 Å². The largest absolute Gasteiger partial charge is 0.438 e. The van der Waals surface area contributed by atoms with Crippen LogP contribution in [0.1, 0.15) is 24.5 Å². The summed E-state index contributed by atoms with van der Waals surface area (Å²) in [4.78, 5) is 13.2. The van der Waals surface area contributed by atoms with E-state index in [4.69, 9.17) is 10.5 Å². The molecule has 1 aliphatic rings. The maximum Gasteiger partial charge on any atom is 0.410 e. The third-order valence-electron chi connectivity index (χ3n) is 3.36. The zero-order chi connectivity index (χ0) is 12.5. The first kappa shape index (κ1) is 11.9. The summed E-state index contributed by atoms with van der Waals surface area (Å²) in [5.74, 6) is 0. The number of amides is 1. The number of carbonyl (C=O) groups is 1. The molecule has 1 aromatic carbocycles. The van der Waals surface area contributed by atoms with Crippen molar-refractivity contribution in [2.75, 3.05) is 13.6 Å². The Labute approximate surface area is 101 Å². The van der Waals surface area contributed by atoms with E-state index in [-0.39, 0.29) is 6.09 Å². The topological polar surface area (TPSA) is 55.6 Å². The molecule has 1 unspecified atom stereocenters. The van der Waals surface area contributed by atoms with Crippen LogP contribution in [0.5, 0.6) is 0 Å². The minimum absolute atomic E-state index is 0.273. The second kappa shape index (κ2) is 4.37. The predicted molar refractivity (Wildman–Crippen MR) is 65.4 cm³/mol. The normalized spacial score (nSPS) is 24.6. The first-order valence-electron chi connectivity index (χ1n) is 5.79. The lowest BCUT2D eigenvalue weighted by molar-refractivity contribution is -0.0355. The highest BCUT2D eigenvalue weighted by molar-refractivity contribution is 5.69. The van der Waals surface area contributed by atoms with Gasteiger partial charge in [-0.25, -0.2) is 4.79 Å². The molecule has 1 saturated heterocycles. The minimum Gasteiger partial charge on any atom is -0.438 e. The number of hydrogen-bond donors (Lipinski definition) is 1. The van der Waals surface area contributed by atoms with E-state index >= 15 is 0 Å². The number of carbonyl (C=O) groups excluding carboxylic acids is 1. The maximum atomic E-state index is 11.7. The molecule has 0 aliphatic carbocycles. The first-order valence-corrected chi connectivity index (χ1v) is 5.79. The van der Waals surface area contributed by atoms with Crippen molar-refractivity contribution in [1.29, 1.82) is 0 Å². The number of hydrogen-bond acceptors (Lipinski definition) is 3. The van der Waals surface area contributed by atoms with Crippen molar-refractivity contribution < 1.29 is 9.53 Å². The van der Waals surface area contributed by atoms with Crippen LogP contribution < -0.4 is 5.73 Å². The monoisotopic (exact) mass is 234 g/mol. The third kappa shape index (κ3) is 2.13. The number of benzene rings is 1. The van der Waals surface area contributed by atoms with Crippen LogP contribution in [0.15, 0.2) is 24.3 Å². The van der Waals surface area contributed by atoms with Crippen LogP contribution in [0, 0.1) is 0 Å². The molecular weight excluding hydrogens is 216 g/mol. The fraction of sp³-hybridized carbons (Fsp3) is 0.462. The summed E-state index contributed by atoms with van der Waals surface area (Å²) in [6.45, 7) is 3.11. The van der Waals surface area contributed by atoms with E-state index < -0.39 is 5.60 Å². The first-order chi connectivity index (χ1) is 8.07. The van der Waals surface area contributed by atoms with Gasteiger partial charge in [0, 0.05) is 26.6 Å². The van der Waals surface area contributed by atoms with Crippen LogP contribution in [0.4, 0.5) is 4.79 Å². The molecule has 2 rings (SSSR count). The Kier molecular flexibility index (Phi) is 3.07. The molecule has 0 saturated carbocycles. The molecule has 4 heteroatoms. The summed E-state index contributed by atoms with van der Waals surface area (Å²) in [7, 11) is 1.75. The SMILES string of the molecule is CN1CCC(C)(c2ccccc2CN)OC1=O. The molecule has 0 aromatic heterocycles. The quantitative estimate of drug-likeness (QED) is 0.849. The molecule has 1 atom stereocenters. The summed E-state index contributed by atoms with van der Waals surface area (Å²) in [5.41, 5.74) is 7.22. The molecule has 0 bridgehead atoms. The Balaban J connectivity index is 2.35. The summed E-state index contributed by atoms with van der Waals surface area (Å²) < 4.78 is 5.55. The third-order valence-corrected chi connectivity index (χ3v) is 3.36. The molecule has 1 amide bonds. The van der Waals surface area contributed by atoms with Gasteiger partial charge in [0.2, 0.25) is 0 Å². The van der Waals surface area contributed by atoms with Crippen LogP contribution in [0.3, 0.4) is 0 Å². The van der Waals surface area contributed by atoms with Crippen LogP contribution in [-0.4, -0.2) is 24.6 Å². The molecule has 0 radical (unpaired) electrons. The molecule has 92 valence electrons. The predicted octanol–water partition coefficient (Wildman–Crippen LogP) is 1.83. The van der Waals surface area contributed by atoms with Crippen LogP contribution in [0.25, 0.3) is 0 Å². The van der Waals surface area contributed by atoms with Gasteiger partial charge in [0.05, 0.1) is 0 Å². The van der Waals surface area contributed by atoms with Crippen LogP contribution in [0.2, 0.25) is 0 Å². The van der Waals surface area contributed by atoms with E-state index in [1.54, 1.807) is 11.9 Å². The fourth-order valence-electron chi connectivity index (χ4n) is 2.20. The van der Waals surface area contributed by atoms with E-state index in [0.717, 1.165) is 17.5 Å². The molecule has 1 aromatic rings. The molecule has 1 fully saturated rings. The number of rotatable bonds is 2. The van der Waals surface area contributed by atoms with Crippen molar-refractivity contribution in [2.45, 2.75) is 25.5 Å². The highest BCUT2D eigenvalue weighted by Gasteiger charge is 2.37. The molecule has 4 nitrogen and oxygen atoms in total. The lowest BCUT2D eigenvalue weighted by Crippen LogP contribution is -2.45. The Morgan fingerprint density at radius 1 is 1.47 bits per heavy atom. The standard InChI is InChI=1S/C13H18N2O2/c1-13(7-8-15(2)12(16)17-13)11-6-4-3-5-10(11)9-14/h3-6H,7-9,14H2,1-2H3. The van der Waals surface area contributed by atoms with Gasteiger partial charge in [0.1, 0.15) is 5.60 Å². The number of nitrogens with two attached hydrogens (primary N) is 1. The van der Waals surface area contributed by atoms with Gasteiger partial charge in [0.15, 0.2) is 0 Å². The van der Waals surface area contributed by atoms with Gasteiger partial charge in [-0.05, 0) is 18.1 Å². The second-order valence-electron chi connectivity index (χ2n) is 4.63. The number of nitrogens with zero attached hydrogens (tertiary/aromatic N) is 1. The van der Waals surface area contributed by atoms with Gasteiger partial charge in [-0.2, -0.15) is 0 Å². The van der Waals surface area contributed by atoms with E-state index in [0.29, 0.717) is 13.1 Å². The molecule has 1 heterocycles. The molecule has 2 N–H and O–H groups in total. The van der Waals surface area contributed by atoms with Gasteiger partial charge in [0.25, 0.3) is 0 Å². The Hall–Kier alpha value is -1.55. The highest BCUT2D eigenvalue weighted by atomic mass is 16.6. The minimum atomic E-state index is -0.556. The van der Waals surface area contributed by atoms with Gasteiger partial charge < -0.3 is 15.4 Å². The maximum absolute atomic E-state index is 11.7. The van der Waals surface area contributed by atoms with E-state index in [9.17, 15) is 4.79 Å². The molecule has 0 spiro atoms. The zero-order valence-corrected chi connectivity index (χ0v) is 10.3. The lowest BCUT2D eigenvalue weighted by atomic mass is 9.87. The van der Waals surface area contributed by atoms with Crippen LogP contribution in [-0.2, 0) is 16.9 Å². The average molecular weight is 234 g/mol. The lowest BCUT2D eigenvalue weighted by Gasteiger charge is -2.38. The second-order valence-corrected chi connectivity index (χ2v) is 4.63. The number of ether oxygens (including phenoxy) is 1.